The highest BCUT2D eigenvalue weighted by Crippen LogP contribution is 2.44. The summed E-state index contributed by atoms with van der Waals surface area (Å²) in [6.07, 6.45) is 2.42. The number of rotatable bonds is 1. The Morgan fingerprint density at radius 2 is 1.53 bits per heavy atom. The van der Waals surface area contributed by atoms with Crippen molar-refractivity contribution in [1.82, 2.24) is 0 Å². The molecule has 19 heavy (non-hydrogen) atoms. The maximum absolute atomic E-state index is 12.3. The average Bonchev–Trinajstić information content (AvgIpc) is 2.91. The van der Waals surface area contributed by atoms with E-state index in [0.29, 0.717) is 5.69 Å². The summed E-state index contributed by atoms with van der Waals surface area (Å²) in [6, 6.07) is 2.78. The molecule has 4 nitrogen and oxygen atoms in total. The number of aromatic hydroxyl groups is 1. The van der Waals surface area contributed by atoms with E-state index in [9.17, 15) is 14.7 Å². The van der Waals surface area contributed by atoms with Gasteiger partial charge in [0.05, 0.1) is 27.6 Å². The van der Waals surface area contributed by atoms with E-state index in [-0.39, 0.29) is 39.4 Å². The number of amides is 2. The minimum atomic E-state index is -0.244. The van der Waals surface area contributed by atoms with Crippen LogP contribution >= 0.6 is 23.2 Å². The first kappa shape index (κ1) is 12.8. The lowest BCUT2D eigenvalue weighted by Gasteiger charge is -2.17. The fourth-order valence-corrected chi connectivity index (χ4v) is 3.40. The second-order valence-electron chi connectivity index (χ2n) is 4.91. The van der Waals surface area contributed by atoms with E-state index in [0.717, 1.165) is 24.2 Å². The molecule has 1 saturated heterocycles. The number of carbonyl (C=O) groups excluding carboxylic acids is 2. The number of nitrogens with zero attached hydrogens (tertiary/aromatic N) is 1. The van der Waals surface area contributed by atoms with E-state index in [1.165, 1.54) is 12.1 Å². The summed E-state index contributed by atoms with van der Waals surface area (Å²) in [5.41, 5.74) is 0.331. The van der Waals surface area contributed by atoms with Gasteiger partial charge in [-0.1, -0.05) is 29.6 Å². The van der Waals surface area contributed by atoms with Crippen LogP contribution in [0.2, 0.25) is 10.0 Å². The van der Waals surface area contributed by atoms with Gasteiger partial charge in [0, 0.05) is 0 Å². The normalized spacial score (nSPS) is 26.1. The maximum atomic E-state index is 12.3. The first-order valence-electron chi connectivity index (χ1n) is 6.06. The van der Waals surface area contributed by atoms with Crippen LogP contribution in [0.1, 0.15) is 19.3 Å². The highest BCUT2D eigenvalue weighted by atomic mass is 35.5. The smallest absolute Gasteiger partial charge is 0.237 e. The van der Waals surface area contributed by atoms with Crippen molar-refractivity contribution in [2.45, 2.75) is 19.3 Å². The molecule has 2 amide bonds. The highest BCUT2D eigenvalue weighted by Gasteiger charge is 2.50. The molecule has 2 aliphatic rings. The van der Waals surface area contributed by atoms with Crippen LogP contribution < -0.4 is 4.90 Å². The molecule has 1 aliphatic carbocycles. The van der Waals surface area contributed by atoms with Crippen LogP contribution in [-0.4, -0.2) is 16.9 Å². The molecular formula is C13H11Cl2NO3. The summed E-state index contributed by atoms with van der Waals surface area (Å²) in [4.78, 5) is 25.7. The van der Waals surface area contributed by atoms with Crippen molar-refractivity contribution in [2.75, 3.05) is 4.90 Å². The molecule has 2 unspecified atom stereocenters. The lowest BCUT2D eigenvalue weighted by Crippen LogP contribution is -2.31. The van der Waals surface area contributed by atoms with Crippen molar-refractivity contribution in [3.63, 3.8) is 0 Å². The van der Waals surface area contributed by atoms with Gasteiger partial charge in [-0.25, -0.2) is 4.90 Å². The summed E-state index contributed by atoms with van der Waals surface area (Å²) in [6.45, 7) is 0. The summed E-state index contributed by atoms with van der Waals surface area (Å²) in [7, 11) is 0. The highest BCUT2D eigenvalue weighted by molar-refractivity contribution is 6.38. The van der Waals surface area contributed by atoms with Gasteiger partial charge in [-0.05, 0) is 25.0 Å². The monoisotopic (exact) mass is 299 g/mol. The summed E-state index contributed by atoms with van der Waals surface area (Å²) >= 11 is 11.7. The van der Waals surface area contributed by atoms with Gasteiger partial charge in [0.1, 0.15) is 0 Å². The van der Waals surface area contributed by atoms with Gasteiger partial charge in [0.2, 0.25) is 11.8 Å². The Balaban J connectivity index is 2.03. The number of benzene rings is 1. The molecule has 0 spiro atoms. The largest absolute Gasteiger partial charge is 0.505 e. The Bertz CT molecular complexity index is 542. The Labute approximate surface area is 119 Å². The Morgan fingerprint density at radius 3 is 2.00 bits per heavy atom. The van der Waals surface area contributed by atoms with Crippen molar-refractivity contribution >= 4 is 40.7 Å². The van der Waals surface area contributed by atoms with E-state index in [1.54, 1.807) is 0 Å². The van der Waals surface area contributed by atoms with E-state index in [4.69, 9.17) is 23.2 Å². The van der Waals surface area contributed by atoms with Crippen molar-refractivity contribution < 1.29 is 14.7 Å². The SMILES string of the molecule is O=C1C2CCCC2C(=O)N1c1cc(Cl)c(O)c(Cl)c1. The lowest BCUT2D eigenvalue weighted by atomic mass is 10.00. The van der Waals surface area contributed by atoms with E-state index in [1.807, 2.05) is 0 Å². The van der Waals surface area contributed by atoms with Crippen LogP contribution in [-0.2, 0) is 9.59 Å². The van der Waals surface area contributed by atoms with Crippen molar-refractivity contribution in [3.05, 3.63) is 22.2 Å². The fourth-order valence-electron chi connectivity index (χ4n) is 2.93. The van der Waals surface area contributed by atoms with E-state index < -0.39 is 0 Å². The predicted octanol–water partition coefficient (Wildman–Crippen LogP) is 2.99. The standard InChI is InChI=1S/C13H11Cl2NO3/c14-9-4-6(5-10(15)11(9)17)16-12(18)7-2-1-3-8(7)13(16)19/h4-5,7-8,17H,1-3H2. The Morgan fingerprint density at radius 1 is 1.05 bits per heavy atom. The van der Waals surface area contributed by atoms with Crippen molar-refractivity contribution in [1.29, 1.82) is 0 Å². The number of carbonyl (C=O) groups is 2. The van der Waals surface area contributed by atoms with Gasteiger partial charge < -0.3 is 5.11 Å². The number of hydrogen-bond acceptors (Lipinski definition) is 3. The average molecular weight is 300 g/mol. The van der Waals surface area contributed by atoms with Crippen molar-refractivity contribution in [3.8, 4) is 5.75 Å². The quantitative estimate of drug-likeness (QED) is 0.811. The van der Waals surface area contributed by atoms with Crippen LogP contribution in [0.15, 0.2) is 12.1 Å². The lowest BCUT2D eigenvalue weighted by molar-refractivity contribution is -0.122. The van der Waals surface area contributed by atoms with Crippen LogP contribution in [0.4, 0.5) is 5.69 Å². The number of fused-ring (bicyclic) bond motifs is 1. The zero-order valence-corrected chi connectivity index (χ0v) is 11.4. The molecule has 2 atom stereocenters. The molecule has 1 heterocycles. The maximum Gasteiger partial charge on any atom is 0.237 e. The summed E-state index contributed by atoms with van der Waals surface area (Å²) in [5.74, 6) is -1.04. The van der Waals surface area contributed by atoms with Gasteiger partial charge in [-0.3, -0.25) is 9.59 Å². The van der Waals surface area contributed by atoms with Gasteiger partial charge >= 0.3 is 0 Å². The van der Waals surface area contributed by atoms with Gasteiger partial charge in [-0.15, -0.1) is 0 Å². The minimum absolute atomic E-state index is 0.0279. The predicted molar refractivity (Wildman–Crippen MR) is 71.5 cm³/mol. The number of phenols is 1. The third kappa shape index (κ3) is 1.82. The zero-order chi connectivity index (χ0) is 13.7. The number of halogens is 2. The first-order chi connectivity index (χ1) is 9.00. The van der Waals surface area contributed by atoms with Gasteiger partial charge in [0.25, 0.3) is 0 Å². The fraction of sp³-hybridized carbons (Fsp3) is 0.385. The number of phenolic OH excluding ortho intramolecular Hbond substituents is 1. The van der Waals surface area contributed by atoms with E-state index in [2.05, 4.69) is 0 Å². The third-order valence-electron chi connectivity index (χ3n) is 3.85. The molecule has 1 aliphatic heterocycles. The molecule has 0 aromatic heterocycles. The molecule has 1 aromatic carbocycles. The van der Waals surface area contributed by atoms with E-state index >= 15 is 0 Å². The minimum Gasteiger partial charge on any atom is -0.505 e. The second-order valence-corrected chi connectivity index (χ2v) is 5.73. The van der Waals surface area contributed by atoms with Crippen LogP contribution in [0.25, 0.3) is 0 Å². The second kappa shape index (κ2) is 4.39. The Hall–Kier alpha value is -1.26. The van der Waals surface area contributed by atoms with Crippen molar-refractivity contribution in [2.24, 2.45) is 11.8 Å². The van der Waals surface area contributed by atoms with Gasteiger partial charge in [-0.2, -0.15) is 0 Å². The molecule has 1 aromatic rings. The molecule has 100 valence electrons. The molecule has 6 heteroatoms. The number of anilines is 1. The van der Waals surface area contributed by atoms with Gasteiger partial charge in [0.15, 0.2) is 5.75 Å². The zero-order valence-electron chi connectivity index (χ0n) is 9.90. The summed E-state index contributed by atoms with van der Waals surface area (Å²) in [5, 5.41) is 9.57. The van der Waals surface area contributed by atoms with Crippen LogP contribution in [0.5, 0.6) is 5.75 Å². The number of hydrogen-bond donors (Lipinski definition) is 1. The molecule has 2 fully saturated rings. The topological polar surface area (TPSA) is 57.6 Å². The molecule has 0 radical (unpaired) electrons. The molecule has 0 bridgehead atoms. The van der Waals surface area contributed by atoms with Crippen LogP contribution in [0.3, 0.4) is 0 Å². The molecule has 1 saturated carbocycles. The third-order valence-corrected chi connectivity index (χ3v) is 4.43. The molecule has 3 rings (SSSR count). The molecular weight excluding hydrogens is 289 g/mol. The summed E-state index contributed by atoms with van der Waals surface area (Å²) < 4.78 is 0. The number of imide groups is 1. The molecule has 1 N–H and O–H groups in total. The van der Waals surface area contributed by atoms with Crippen LogP contribution in [0, 0.1) is 11.8 Å². The Kier molecular flexibility index (Phi) is 2.95. The first-order valence-corrected chi connectivity index (χ1v) is 6.82.